The molecule has 0 bridgehead atoms. The highest BCUT2D eigenvalue weighted by Crippen LogP contribution is 2.24. The SMILES string of the molecule is CNc1nc(-c2c(F)cccc2F)nc(N(C)C)n1. The van der Waals surface area contributed by atoms with Crippen molar-refractivity contribution >= 4 is 11.9 Å². The van der Waals surface area contributed by atoms with Crippen LogP contribution in [0, 0.1) is 11.6 Å². The maximum absolute atomic E-state index is 13.7. The number of hydrogen-bond donors (Lipinski definition) is 1. The first kappa shape index (κ1) is 13.1. The standard InChI is InChI=1S/C12H13F2N5/c1-15-11-16-10(17-12(18-11)19(2)3)9-7(13)5-4-6-8(9)14/h4-6H,1-3H3,(H,15,16,17,18). The highest BCUT2D eigenvalue weighted by molar-refractivity contribution is 5.59. The predicted molar refractivity (Wildman–Crippen MR) is 69.1 cm³/mol. The third-order valence-electron chi connectivity index (χ3n) is 2.43. The van der Waals surface area contributed by atoms with Crippen LogP contribution in [0.4, 0.5) is 20.7 Å². The fourth-order valence-corrected chi connectivity index (χ4v) is 1.50. The van der Waals surface area contributed by atoms with Crippen LogP contribution >= 0.6 is 0 Å². The predicted octanol–water partition coefficient (Wildman–Crippen LogP) is 1.92. The molecular formula is C12H13F2N5. The molecule has 100 valence electrons. The molecule has 0 saturated heterocycles. The molecule has 1 aromatic carbocycles. The molecule has 7 heteroatoms. The monoisotopic (exact) mass is 265 g/mol. The number of nitrogens with one attached hydrogen (secondary N) is 1. The van der Waals surface area contributed by atoms with Crippen molar-refractivity contribution in [3.05, 3.63) is 29.8 Å². The van der Waals surface area contributed by atoms with Gasteiger partial charge in [-0.05, 0) is 12.1 Å². The quantitative estimate of drug-likeness (QED) is 0.919. The average Bonchev–Trinajstić information content (AvgIpc) is 2.38. The van der Waals surface area contributed by atoms with E-state index in [-0.39, 0.29) is 17.3 Å². The van der Waals surface area contributed by atoms with Crippen molar-refractivity contribution in [3.8, 4) is 11.4 Å². The Bertz CT molecular complexity index is 580. The van der Waals surface area contributed by atoms with E-state index in [1.54, 1.807) is 26.0 Å². The number of hydrogen-bond acceptors (Lipinski definition) is 5. The van der Waals surface area contributed by atoms with Crippen LogP contribution in [0.2, 0.25) is 0 Å². The van der Waals surface area contributed by atoms with E-state index < -0.39 is 11.6 Å². The molecule has 2 rings (SSSR count). The molecule has 19 heavy (non-hydrogen) atoms. The summed E-state index contributed by atoms with van der Waals surface area (Å²) in [5, 5.41) is 2.74. The average molecular weight is 265 g/mol. The van der Waals surface area contributed by atoms with Crippen LogP contribution in [0.3, 0.4) is 0 Å². The third-order valence-corrected chi connectivity index (χ3v) is 2.43. The molecule has 1 N–H and O–H groups in total. The van der Waals surface area contributed by atoms with Crippen LogP contribution in [-0.2, 0) is 0 Å². The minimum Gasteiger partial charge on any atom is -0.357 e. The number of halogens is 2. The van der Waals surface area contributed by atoms with E-state index in [2.05, 4.69) is 20.3 Å². The molecule has 5 nitrogen and oxygen atoms in total. The van der Waals surface area contributed by atoms with Gasteiger partial charge in [0.25, 0.3) is 0 Å². The summed E-state index contributed by atoms with van der Waals surface area (Å²) in [6, 6.07) is 3.62. The Morgan fingerprint density at radius 1 is 1.05 bits per heavy atom. The van der Waals surface area contributed by atoms with E-state index >= 15 is 0 Å². The van der Waals surface area contributed by atoms with Gasteiger partial charge in [0.2, 0.25) is 11.9 Å². The molecule has 0 aliphatic carbocycles. The van der Waals surface area contributed by atoms with Gasteiger partial charge in [0.15, 0.2) is 5.82 Å². The highest BCUT2D eigenvalue weighted by Gasteiger charge is 2.16. The van der Waals surface area contributed by atoms with E-state index in [0.29, 0.717) is 5.95 Å². The molecular weight excluding hydrogens is 252 g/mol. The third kappa shape index (κ3) is 2.59. The maximum Gasteiger partial charge on any atom is 0.230 e. The van der Waals surface area contributed by atoms with Crippen molar-refractivity contribution in [2.45, 2.75) is 0 Å². The van der Waals surface area contributed by atoms with E-state index in [4.69, 9.17) is 0 Å². The zero-order valence-corrected chi connectivity index (χ0v) is 10.8. The number of nitrogens with zero attached hydrogens (tertiary/aromatic N) is 4. The van der Waals surface area contributed by atoms with Crippen molar-refractivity contribution in [2.24, 2.45) is 0 Å². The van der Waals surface area contributed by atoms with Crippen LogP contribution < -0.4 is 10.2 Å². The first-order valence-corrected chi connectivity index (χ1v) is 5.58. The van der Waals surface area contributed by atoms with Gasteiger partial charge in [-0.2, -0.15) is 15.0 Å². The fraction of sp³-hybridized carbons (Fsp3) is 0.250. The summed E-state index contributed by atoms with van der Waals surface area (Å²) in [7, 11) is 5.09. The lowest BCUT2D eigenvalue weighted by molar-refractivity contribution is 0.587. The lowest BCUT2D eigenvalue weighted by atomic mass is 10.2. The van der Waals surface area contributed by atoms with Crippen molar-refractivity contribution in [1.29, 1.82) is 0 Å². The topological polar surface area (TPSA) is 53.9 Å². The zero-order valence-electron chi connectivity index (χ0n) is 10.8. The van der Waals surface area contributed by atoms with Gasteiger partial charge in [-0.3, -0.25) is 0 Å². The molecule has 0 spiro atoms. The summed E-state index contributed by atoms with van der Waals surface area (Å²) in [4.78, 5) is 13.8. The highest BCUT2D eigenvalue weighted by atomic mass is 19.1. The van der Waals surface area contributed by atoms with Crippen molar-refractivity contribution in [3.63, 3.8) is 0 Å². The molecule has 0 aliphatic heterocycles. The summed E-state index contributed by atoms with van der Waals surface area (Å²) in [5.41, 5.74) is -0.260. The second-order valence-corrected chi connectivity index (χ2v) is 4.02. The van der Waals surface area contributed by atoms with Crippen LogP contribution in [0.15, 0.2) is 18.2 Å². The van der Waals surface area contributed by atoms with Gasteiger partial charge in [-0.1, -0.05) is 6.07 Å². The first-order valence-electron chi connectivity index (χ1n) is 5.58. The summed E-state index contributed by atoms with van der Waals surface area (Å²) in [6.45, 7) is 0. The Kier molecular flexibility index (Phi) is 3.55. The van der Waals surface area contributed by atoms with Crippen LogP contribution in [0.25, 0.3) is 11.4 Å². The van der Waals surface area contributed by atoms with E-state index in [0.717, 1.165) is 12.1 Å². The minimum atomic E-state index is -0.710. The Hall–Kier alpha value is -2.31. The van der Waals surface area contributed by atoms with Crippen molar-refractivity contribution in [2.75, 3.05) is 31.4 Å². The van der Waals surface area contributed by atoms with Crippen LogP contribution in [0.5, 0.6) is 0 Å². The summed E-state index contributed by atoms with van der Waals surface area (Å²) >= 11 is 0. The van der Waals surface area contributed by atoms with Gasteiger partial charge in [-0.15, -0.1) is 0 Å². The lowest BCUT2D eigenvalue weighted by Gasteiger charge is -2.13. The summed E-state index contributed by atoms with van der Waals surface area (Å²) in [5.74, 6) is -0.900. The number of benzene rings is 1. The lowest BCUT2D eigenvalue weighted by Crippen LogP contribution is -2.15. The van der Waals surface area contributed by atoms with Gasteiger partial charge in [0.1, 0.15) is 11.6 Å². The molecule has 0 aliphatic rings. The maximum atomic E-state index is 13.7. The van der Waals surface area contributed by atoms with Gasteiger partial charge in [0.05, 0.1) is 5.56 Å². The minimum absolute atomic E-state index is 0.0429. The Balaban J connectivity index is 2.64. The number of anilines is 2. The Morgan fingerprint density at radius 3 is 2.21 bits per heavy atom. The van der Waals surface area contributed by atoms with Gasteiger partial charge in [-0.25, -0.2) is 8.78 Å². The van der Waals surface area contributed by atoms with E-state index in [9.17, 15) is 8.78 Å². The smallest absolute Gasteiger partial charge is 0.230 e. The van der Waals surface area contributed by atoms with Gasteiger partial charge >= 0.3 is 0 Å². The van der Waals surface area contributed by atoms with Crippen LogP contribution in [0.1, 0.15) is 0 Å². The molecule has 0 atom stereocenters. The largest absolute Gasteiger partial charge is 0.357 e. The first-order chi connectivity index (χ1) is 9.02. The molecule has 0 saturated carbocycles. The molecule has 0 radical (unpaired) electrons. The Morgan fingerprint density at radius 2 is 1.68 bits per heavy atom. The molecule has 1 aromatic heterocycles. The van der Waals surface area contributed by atoms with E-state index in [1.165, 1.54) is 6.07 Å². The number of rotatable bonds is 3. The normalized spacial score (nSPS) is 10.4. The van der Waals surface area contributed by atoms with E-state index in [1.807, 2.05) is 0 Å². The van der Waals surface area contributed by atoms with Crippen molar-refractivity contribution in [1.82, 2.24) is 15.0 Å². The summed E-state index contributed by atoms with van der Waals surface area (Å²) in [6.07, 6.45) is 0. The van der Waals surface area contributed by atoms with Crippen LogP contribution in [-0.4, -0.2) is 36.1 Å². The second-order valence-electron chi connectivity index (χ2n) is 4.02. The number of aromatic nitrogens is 3. The second kappa shape index (κ2) is 5.13. The zero-order chi connectivity index (χ0) is 14.0. The molecule has 0 unspecified atom stereocenters. The van der Waals surface area contributed by atoms with Crippen molar-refractivity contribution < 1.29 is 8.78 Å². The molecule has 0 fully saturated rings. The summed E-state index contributed by atoms with van der Waals surface area (Å²) < 4.78 is 27.5. The molecule has 1 heterocycles. The molecule has 0 amide bonds. The Labute approximate surface area is 109 Å². The fourth-order valence-electron chi connectivity index (χ4n) is 1.50. The molecule has 2 aromatic rings. The van der Waals surface area contributed by atoms with Gasteiger partial charge in [0, 0.05) is 21.1 Å². The van der Waals surface area contributed by atoms with Gasteiger partial charge < -0.3 is 10.2 Å².